The van der Waals surface area contributed by atoms with Crippen LogP contribution in [0.4, 0.5) is 4.79 Å². The molecule has 1 atom stereocenters. The molecule has 1 unspecified atom stereocenters. The standard InChI is InChI=1S/C21H20P.C11H12N4O6S/c1-2-18-22(19-12-6-3-7-13-19,20-14-8-4-9-15-20)21-16-10-5-11-17-21;1-13-10(16)4-7(5-12-13)8-2-3-14-6-9(8)15(11(14)17)21-22(18,19)20/h2-18H,1H3;2,4-5,9H,3,6H2,1H3,(H,18,19,20)/q+1;/p-1. The zero-order valence-corrected chi connectivity index (χ0v) is 25.8. The first-order valence-corrected chi connectivity index (χ1v) is 17.0. The predicted molar refractivity (Wildman–Crippen MR) is 171 cm³/mol. The molecule has 3 heterocycles. The third-order valence-corrected chi connectivity index (χ3v) is 11.8. The molecule has 0 radical (unpaired) electrons. The topological polar surface area (TPSA) is 125 Å². The van der Waals surface area contributed by atoms with Crippen molar-refractivity contribution in [3.05, 3.63) is 137 Å². The molecule has 4 aromatic rings. The highest BCUT2D eigenvalue weighted by Crippen LogP contribution is 2.56. The lowest BCUT2D eigenvalue weighted by Gasteiger charge is -2.25. The second-order valence-corrected chi connectivity index (χ2v) is 14.3. The number of rotatable bonds is 7. The molecule has 226 valence electrons. The zero-order chi connectivity index (χ0) is 31.3. The lowest BCUT2D eigenvalue weighted by atomic mass is 9.98. The van der Waals surface area contributed by atoms with Crippen molar-refractivity contribution in [1.82, 2.24) is 19.7 Å². The van der Waals surface area contributed by atoms with Crippen molar-refractivity contribution in [3.63, 3.8) is 0 Å². The van der Waals surface area contributed by atoms with Crippen LogP contribution in [0.2, 0.25) is 0 Å². The van der Waals surface area contributed by atoms with Gasteiger partial charge in [-0.25, -0.2) is 17.9 Å². The summed E-state index contributed by atoms with van der Waals surface area (Å²) in [5.41, 5.74) is 0.601. The molecule has 0 saturated carbocycles. The summed E-state index contributed by atoms with van der Waals surface area (Å²) >= 11 is 0. The maximum atomic E-state index is 12.0. The van der Waals surface area contributed by atoms with E-state index in [9.17, 15) is 22.6 Å². The average Bonchev–Trinajstić information content (AvgIpc) is 3.26. The Morgan fingerprint density at radius 3 is 1.89 bits per heavy atom. The van der Waals surface area contributed by atoms with E-state index in [0.717, 1.165) is 4.68 Å². The fraction of sp³-hybridized carbons (Fsp3) is 0.156. The number of carbonyl (C=O) groups is 1. The number of hydrogen-bond donors (Lipinski definition) is 0. The lowest BCUT2D eigenvalue weighted by Crippen LogP contribution is -2.36. The highest BCUT2D eigenvalue weighted by Gasteiger charge is 2.45. The van der Waals surface area contributed by atoms with Crippen molar-refractivity contribution >= 4 is 45.2 Å². The number of aromatic nitrogens is 2. The fourth-order valence-electron chi connectivity index (χ4n) is 5.39. The summed E-state index contributed by atoms with van der Waals surface area (Å²) in [5, 5.41) is 8.59. The Kier molecular flexibility index (Phi) is 9.22. The zero-order valence-electron chi connectivity index (χ0n) is 24.1. The Balaban J connectivity index is 0.000000175. The van der Waals surface area contributed by atoms with Crippen LogP contribution in [0.3, 0.4) is 0 Å². The third-order valence-electron chi connectivity index (χ3n) is 7.36. The number of urea groups is 1. The summed E-state index contributed by atoms with van der Waals surface area (Å²) in [6, 6.07) is 32.5. The van der Waals surface area contributed by atoms with Crippen LogP contribution in [-0.2, 0) is 21.7 Å². The summed E-state index contributed by atoms with van der Waals surface area (Å²) < 4.78 is 37.7. The first-order valence-electron chi connectivity index (χ1n) is 13.8. The second-order valence-electron chi connectivity index (χ2n) is 10.1. The van der Waals surface area contributed by atoms with Crippen LogP contribution in [0.1, 0.15) is 12.5 Å². The van der Waals surface area contributed by atoms with E-state index < -0.39 is 29.7 Å². The molecule has 10 nitrogen and oxygen atoms in total. The van der Waals surface area contributed by atoms with E-state index in [1.54, 1.807) is 6.08 Å². The highest BCUT2D eigenvalue weighted by molar-refractivity contribution is 7.98. The molecule has 0 N–H and O–H groups in total. The maximum Gasteiger partial charge on any atom is 0.346 e. The van der Waals surface area contributed by atoms with E-state index in [2.05, 4.69) is 119 Å². The van der Waals surface area contributed by atoms with Crippen LogP contribution in [-0.4, -0.2) is 57.9 Å². The number of aryl methyl sites for hydroxylation is 1. The van der Waals surface area contributed by atoms with Gasteiger partial charge < -0.3 is 9.45 Å². The summed E-state index contributed by atoms with van der Waals surface area (Å²) in [4.78, 5) is 25.0. The van der Waals surface area contributed by atoms with Gasteiger partial charge in [-0.15, -0.1) is 0 Å². The number of hydrogen-bond acceptors (Lipinski definition) is 7. The monoisotopic (exact) mass is 630 g/mol. The molecule has 6 rings (SSSR count). The Labute approximate surface area is 256 Å². The molecule has 44 heavy (non-hydrogen) atoms. The first-order chi connectivity index (χ1) is 21.1. The molecule has 2 aliphatic heterocycles. The van der Waals surface area contributed by atoms with Crippen LogP contribution in [0, 0.1) is 0 Å². The molecule has 2 aliphatic rings. The molecule has 2 bridgehead atoms. The number of nitrogens with zero attached hydrogens (tertiary/aromatic N) is 4. The normalized spacial score (nSPS) is 16.5. The number of carbonyl (C=O) groups excluding carboxylic acids is 1. The number of benzene rings is 3. The van der Waals surface area contributed by atoms with Crippen molar-refractivity contribution in [1.29, 1.82) is 0 Å². The van der Waals surface area contributed by atoms with Gasteiger partial charge in [-0.3, -0.25) is 4.79 Å². The minimum Gasteiger partial charge on any atom is -0.724 e. The first kappa shape index (κ1) is 31.0. The van der Waals surface area contributed by atoms with Gasteiger partial charge in [0, 0.05) is 25.2 Å². The Morgan fingerprint density at radius 1 is 0.909 bits per heavy atom. The van der Waals surface area contributed by atoms with Gasteiger partial charge in [-0.05, 0) is 48.9 Å². The van der Waals surface area contributed by atoms with Crippen molar-refractivity contribution in [3.8, 4) is 0 Å². The van der Waals surface area contributed by atoms with Crippen molar-refractivity contribution in [2.75, 3.05) is 13.1 Å². The van der Waals surface area contributed by atoms with E-state index in [4.69, 9.17) is 0 Å². The van der Waals surface area contributed by atoms with Gasteiger partial charge in [0.2, 0.25) is 10.4 Å². The molecular weight excluding hydrogens is 599 g/mol. The van der Waals surface area contributed by atoms with Crippen LogP contribution >= 0.6 is 7.26 Å². The minimum absolute atomic E-state index is 0.162. The molecule has 3 aromatic carbocycles. The van der Waals surface area contributed by atoms with Gasteiger partial charge in [-0.1, -0.05) is 66.7 Å². The van der Waals surface area contributed by atoms with Crippen LogP contribution in [0.5, 0.6) is 0 Å². The second kappa shape index (κ2) is 13.1. The maximum absolute atomic E-state index is 12.0. The van der Waals surface area contributed by atoms with Crippen LogP contribution < -0.4 is 21.5 Å². The predicted octanol–water partition coefficient (Wildman–Crippen LogP) is 3.19. The number of allylic oxidation sites excluding steroid dienone is 1. The van der Waals surface area contributed by atoms with Gasteiger partial charge in [0.25, 0.3) is 5.56 Å². The summed E-state index contributed by atoms with van der Waals surface area (Å²) in [6.07, 6.45) is 5.29. The Morgan fingerprint density at radius 2 is 1.43 bits per heavy atom. The average molecular weight is 631 g/mol. The van der Waals surface area contributed by atoms with Crippen LogP contribution in [0.15, 0.2) is 126 Å². The van der Waals surface area contributed by atoms with E-state index in [-0.39, 0.29) is 18.6 Å². The minimum atomic E-state index is -5.08. The van der Waals surface area contributed by atoms with Crippen molar-refractivity contribution in [2.24, 2.45) is 7.05 Å². The van der Waals surface area contributed by atoms with Crippen molar-refractivity contribution in [2.45, 2.75) is 13.0 Å². The largest absolute Gasteiger partial charge is 0.724 e. The molecule has 1 fully saturated rings. The van der Waals surface area contributed by atoms with E-state index >= 15 is 0 Å². The molecule has 0 aliphatic carbocycles. The third kappa shape index (κ3) is 6.41. The highest BCUT2D eigenvalue weighted by atomic mass is 32.3. The van der Waals surface area contributed by atoms with Gasteiger partial charge in [-0.2, -0.15) is 14.4 Å². The molecular formula is C32H31N4O6PS. The quantitative estimate of drug-likeness (QED) is 0.175. The SMILES string of the molecule is CC=C[P+](c1ccccc1)(c1ccccc1)c1ccccc1.Cn1ncc(C2=CCN3CC2N(OS(=O)(=O)[O-])C3=O)cc1=O. The molecule has 1 saturated heterocycles. The number of fused-ring (bicyclic) bond motifs is 2. The van der Waals surface area contributed by atoms with Gasteiger partial charge in [0.1, 0.15) is 29.2 Å². The summed E-state index contributed by atoms with van der Waals surface area (Å²) in [5.74, 6) is 2.41. The summed E-state index contributed by atoms with van der Waals surface area (Å²) in [6.45, 7) is 2.50. The van der Waals surface area contributed by atoms with Gasteiger partial charge in [0.05, 0.1) is 18.6 Å². The Hall–Kier alpha value is -4.41. The van der Waals surface area contributed by atoms with Crippen LogP contribution in [0.25, 0.3) is 5.57 Å². The Bertz CT molecular complexity index is 1750. The molecule has 1 aromatic heterocycles. The fourth-order valence-corrected chi connectivity index (χ4v) is 9.54. The summed E-state index contributed by atoms with van der Waals surface area (Å²) in [7, 11) is -5.33. The molecule has 12 heteroatoms. The smallest absolute Gasteiger partial charge is 0.346 e. The lowest BCUT2D eigenvalue weighted by molar-refractivity contribution is -0.0171. The van der Waals surface area contributed by atoms with E-state index in [1.807, 2.05) is 0 Å². The van der Waals surface area contributed by atoms with Crippen molar-refractivity contribution < 1.29 is 22.0 Å². The van der Waals surface area contributed by atoms with Gasteiger partial charge in [0.15, 0.2) is 0 Å². The number of hydroxylamine groups is 2. The molecule has 0 spiro atoms. The van der Waals surface area contributed by atoms with E-state index in [0.29, 0.717) is 16.2 Å². The molecule has 2 amide bonds. The van der Waals surface area contributed by atoms with Gasteiger partial charge >= 0.3 is 6.03 Å². The number of amides is 2. The van der Waals surface area contributed by atoms with E-state index in [1.165, 1.54) is 40.1 Å².